The minimum absolute atomic E-state index is 0.125. The molecule has 100 valence electrons. The number of ether oxygens (including phenoxy) is 1. The third kappa shape index (κ3) is 2.68. The normalized spacial score (nSPS) is 14.3. The molecule has 0 bridgehead atoms. The van der Waals surface area contributed by atoms with Gasteiger partial charge in [0.1, 0.15) is 5.76 Å². The minimum Gasteiger partial charge on any atom is -0.435 e. The summed E-state index contributed by atoms with van der Waals surface area (Å²) in [5.41, 5.74) is 0.161. The van der Waals surface area contributed by atoms with E-state index in [-0.39, 0.29) is 12.3 Å². The maximum absolute atomic E-state index is 12.2. The quantitative estimate of drug-likeness (QED) is 0.738. The first-order valence-corrected chi connectivity index (χ1v) is 5.76. The smallest absolute Gasteiger partial charge is 0.429 e. The summed E-state index contributed by atoms with van der Waals surface area (Å²) >= 11 is 0. The molecule has 0 aromatic carbocycles. The zero-order chi connectivity index (χ0) is 13.8. The Hall–Kier alpha value is -2.49. The molecule has 1 aliphatic rings. The van der Waals surface area contributed by atoms with Gasteiger partial charge in [0.2, 0.25) is 0 Å². The molecule has 1 saturated heterocycles. The Kier molecular flexibility index (Phi) is 3.71. The van der Waals surface area contributed by atoms with Gasteiger partial charge < -0.3 is 9.26 Å². The summed E-state index contributed by atoms with van der Waals surface area (Å²) in [7, 11) is 0. The lowest BCUT2D eigenvalue weighted by Crippen LogP contribution is -2.45. The maximum Gasteiger partial charge on any atom is 0.429 e. The molecule has 0 spiro atoms. The number of nitrogens with zero attached hydrogens (tertiary/aromatic N) is 3. The van der Waals surface area contributed by atoms with Crippen molar-refractivity contribution in [3.8, 4) is 12.3 Å². The summed E-state index contributed by atoms with van der Waals surface area (Å²) in [4.78, 5) is 23.9. The van der Waals surface area contributed by atoms with Gasteiger partial charge in [-0.05, 0) is 13.3 Å². The van der Waals surface area contributed by atoms with Crippen molar-refractivity contribution in [1.29, 1.82) is 0 Å². The molecule has 7 heteroatoms. The number of hydrogen-bond acceptors (Lipinski definition) is 5. The van der Waals surface area contributed by atoms with Gasteiger partial charge in [-0.1, -0.05) is 11.1 Å². The van der Waals surface area contributed by atoms with Gasteiger partial charge in [-0.2, -0.15) is 0 Å². The second-order valence-electron chi connectivity index (χ2n) is 3.99. The average molecular weight is 263 g/mol. The molecule has 0 aliphatic carbocycles. The number of rotatable bonds is 2. The van der Waals surface area contributed by atoms with Gasteiger partial charge in [0.25, 0.3) is 5.91 Å². The van der Waals surface area contributed by atoms with Crippen LogP contribution in [-0.4, -0.2) is 46.9 Å². The van der Waals surface area contributed by atoms with E-state index >= 15 is 0 Å². The van der Waals surface area contributed by atoms with E-state index in [9.17, 15) is 9.59 Å². The maximum atomic E-state index is 12.2. The van der Waals surface area contributed by atoms with Crippen molar-refractivity contribution in [2.45, 2.75) is 13.3 Å². The summed E-state index contributed by atoms with van der Waals surface area (Å²) in [6, 6.07) is 1.52. The average Bonchev–Trinajstić information content (AvgIpc) is 3.03. The third-order valence-electron chi connectivity index (χ3n) is 2.60. The first-order chi connectivity index (χ1) is 9.13. The molecule has 0 unspecified atom stereocenters. The lowest BCUT2D eigenvalue weighted by Gasteiger charge is -2.25. The molecule has 1 aromatic heterocycles. The zero-order valence-corrected chi connectivity index (χ0v) is 10.5. The number of aromatic nitrogens is 1. The van der Waals surface area contributed by atoms with Gasteiger partial charge in [-0.3, -0.25) is 4.79 Å². The van der Waals surface area contributed by atoms with Crippen molar-refractivity contribution in [3.05, 3.63) is 17.5 Å². The molecule has 0 atom stereocenters. The molecule has 1 fully saturated rings. The van der Waals surface area contributed by atoms with Crippen LogP contribution < -0.4 is 0 Å². The molecule has 0 N–H and O–H groups in total. The van der Waals surface area contributed by atoms with Crippen molar-refractivity contribution >= 4 is 12.0 Å². The van der Waals surface area contributed by atoms with Crippen LogP contribution in [0.2, 0.25) is 0 Å². The van der Waals surface area contributed by atoms with Crippen molar-refractivity contribution in [1.82, 2.24) is 15.2 Å². The van der Waals surface area contributed by atoms with Gasteiger partial charge in [-0.25, -0.2) is 14.8 Å². The van der Waals surface area contributed by atoms with E-state index in [1.165, 1.54) is 16.1 Å². The first-order valence-electron chi connectivity index (χ1n) is 5.76. The Morgan fingerprint density at radius 2 is 2.26 bits per heavy atom. The van der Waals surface area contributed by atoms with Gasteiger partial charge in [0.05, 0.1) is 0 Å². The lowest BCUT2D eigenvalue weighted by atomic mass is 10.3. The van der Waals surface area contributed by atoms with Crippen molar-refractivity contribution in [3.63, 3.8) is 0 Å². The van der Waals surface area contributed by atoms with Crippen molar-refractivity contribution in [2.75, 3.05) is 19.7 Å². The van der Waals surface area contributed by atoms with E-state index in [1.54, 1.807) is 6.92 Å². The van der Waals surface area contributed by atoms with Crippen LogP contribution in [0.5, 0.6) is 0 Å². The summed E-state index contributed by atoms with van der Waals surface area (Å²) in [5.74, 6) is 2.34. The van der Waals surface area contributed by atoms with Crippen LogP contribution in [0.1, 0.15) is 22.7 Å². The van der Waals surface area contributed by atoms with Crippen LogP contribution in [0, 0.1) is 19.3 Å². The summed E-state index contributed by atoms with van der Waals surface area (Å²) in [6.07, 6.45) is 5.05. The fraction of sp³-hybridized carbons (Fsp3) is 0.417. The summed E-state index contributed by atoms with van der Waals surface area (Å²) < 4.78 is 9.66. The number of carbonyl (C=O) groups excluding carboxylic acids is 2. The molecule has 0 saturated carbocycles. The standard InChI is InChI=1S/C12H13N3O4/c1-3-7-18-12(17)15-6-4-5-14(15)11(16)10-8-9(2)19-13-10/h1,8H,4-7H2,2H3. The van der Waals surface area contributed by atoms with E-state index in [0.717, 1.165) is 0 Å². The largest absolute Gasteiger partial charge is 0.435 e. The molecule has 0 radical (unpaired) electrons. The highest BCUT2D eigenvalue weighted by Gasteiger charge is 2.33. The molecular weight excluding hydrogens is 250 g/mol. The predicted molar refractivity (Wildman–Crippen MR) is 63.8 cm³/mol. The van der Waals surface area contributed by atoms with Crippen LogP contribution in [0.15, 0.2) is 10.6 Å². The van der Waals surface area contributed by atoms with E-state index in [1.807, 2.05) is 0 Å². The summed E-state index contributed by atoms with van der Waals surface area (Å²) in [5, 5.41) is 6.15. The number of amides is 2. The molecule has 1 aliphatic heterocycles. The molecule has 2 rings (SSSR count). The van der Waals surface area contributed by atoms with E-state index in [0.29, 0.717) is 25.3 Å². The van der Waals surface area contributed by atoms with E-state index < -0.39 is 12.0 Å². The van der Waals surface area contributed by atoms with Crippen LogP contribution >= 0.6 is 0 Å². The number of carbonyl (C=O) groups is 2. The molecular formula is C12H13N3O4. The SMILES string of the molecule is C#CCOC(=O)N1CCCN1C(=O)c1cc(C)on1. The molecule has 19 heavy (non-hydrogen) atoms. The van der Waals surface area contributed by atoms with E-state index in [2.05, 4.69) is 11.1 Å². The Balaban J connectivity index is 2.08. The minimum atomic E-state index is -0.635. The number of hydrazine groups is 1. The fourth-order valence-electron chi connectivity index (χ4n) is 1.79. The highest BCUT2D eigenvalue weighted by Crippen LogP contribution is 2.16. The monoisotopic (exact) mass is 263 g/mol. The first kappa shape index (κ1) is 13.0. The molecule has 1 aromatic rings. The predicted octanol–water partition coefficient (Wildman–Crippen LogP) is 0.816. The highest BCUT2D eigenvalue weighted by molar-refractivity contribution is 5.93. The number of hydrogen-bond donors (Lipinski definition) is 0. The van der Waals surface area contributed by atoms with Gasteiger partial charge in [-0.15, -0.1) is 6.42 Å². The Labute approximate surface area is 110 Å². The van der Waals surface area contributed by atoms with Crippen LogP contribution in [0.3, 0.4) is 0 Å². The Morgan fingerprint density at radius 3 is 2.89 bits per heavy atom. The van der Waals surface area contributed by atoms with Gasteiger partial charge in [0, 0.05) is 19.2 Å². The second-order valence-corrected chi connectivity index (χ2v) is 3.99. The van der Waals surface area contributed by atoms with Crippen LogP contribution in [0.4, 0.5) is 4.79 Å². The summed E-state index contributed by atoms with van der Waals surface area (Å²) in [6.45, 7) is 2.40. The zero-order valence-electron chi connectivity index (χ0n) is 10.5. The lowest BCUT2D eigenvalue weighted by molar-refractivity contribution is 0.0158. The Bertz CT molecular complexity index is 531. The Morgan fingerprint density at radius 1 is 1.53 bits per heavy atom. The van der Waals surface area contributed by atoms with E-state index in [4.69, 9.17) is 15.7 Å². The molecule has 7 nitrogen and oxygen atoms in total. The highest BCUT2D eigenvalue weighted by atomic mass is 16.6. The third-order valence-corrected chi connectivity index (χ3v) is 2.60. The topological polar surface area (TPSA) is 75.9 Å². The van der Waals surface area contributed by atoms with Crippen molar-refractivity contribution in [2.24, 2.45) is 0 Å². The number of aryl methyl sites for hydroxylation is 1. The molecule has 2 amide bonds. The van der Waals surface area contributed by atoms with Crippen molar-refractivity contribution < 1.29 is 18.8 Å². The second kappa shape index (κ2) is 5.44. The fourth-order valence-corrected chi connectivity index (χ4v) is 1.79. The van der Waals surface area contributed by atoms with Crippen LogP contribution in [-0.2, 0) is 4.74 Å². The number of terminal acetylenes is 1. The molecule has 2 heterocycles. The van der Waals surface area contributed by atoms with Crippen LogP contribution in [0.25, 0.3) is 0 Å². The van der Waals surface area contributed by atoms with Gasteiger partial charge in [0.15, 0.2) is 12.3 Å². The van der Waals surface area contributed by atoms with Gasteiger partial charge >= 0.3 is 6.09 Å².